The van der Waals surface area contributed by atoms with Gasteiger partial charge in [-0.05, 0) is 24.8 Å². The van der Waals surface area contributed by atoms with Gasteiger partial charge in [-0.2, -0.15) is 0 Å². The molecule has 2 saturated heterocycles. The lowest BCUT2D eigenvalue weighted by atomic mass is 10.1. The number of benzene rings is 1. The van der Waals surface area contributed by atoms with Crippen molar-refractivity contribution in [1.29, 1.82) is 0 Å². The van der Waals surface area contributed by atoms with Crippen molar-refractivity contribution in [1.82, 2.24) is 19.8 Å². The normalized spacial score (nSPS) is 18.5. The highest BCUT2D eigenvalue weighted by molar-refractivity contribution is 5.93. The zero-order valence-electron chi connectivity index (χ0n) is 15.8. The predicted molar refractivity (Wildman–Crippen MR) is 106 cm³/mol. The molecule has 2 aliphatic rings. The van der Waals surface area contributed by atoms with Gasteiger partial charge in [-0.25, -0.2) is 9.97 Å². The molecule has 0 radical (unpaired) electrons. The van der Waals surface area contributed by atoms with Gasteiger partial charge >= 0.3 is 0 Å². The third kappa shape index (κ3) is 4.45. The summed E-state index contributed by atoms with van der Waals surface area (Å²) in [6.45, 7) is 6.49. The molecule has 3 heterocycles. The Kier molecular flexibility index (Phi) is 5.63. The maximum atomic E-state index is 12.7. The van der Waals surface area contributed by atoms with E-state index in [0.717, 1.165) is 64.5 Å². The van der Waals surface area contributed by atoms with Crippen LogP contribution in [0.2, 0.25) is 0 Å². The molecule has 142 valence electrons. The third-order valence-electron chi connectivity index (χ3n) is 5.46. The van der Waals surface area contributed by atoms with Crippen LogP contribution in [-0.4, -0.2) is 64.9 Å². The van der Waals surface area contributed by atoms with Crippen molar-refractivity contribution in [2.45, 2.75) is 25.8 Å². The molecule has 2 aliphatic heterocycles. The van der Waals surface area contributed by atoms with E-state index < -0.39 is 0 Å². The highest BCUT2D eigenvalue weighted by Gasteiger charge is 2.22. The average molecular weight is 365 g/mol. The molecule has 0 unspecified atom stereocenters. The lowest BCUT2D eigenvalue weighted by molar-refractivity contribution is 0.0718. The highest BCUT2D eigenvalue weighted by Crippen LogP contribution is 2.18. The van der Waals surface area contributed by atoms with Gasteiger partial charge in [0.2, 0.25) is 0 Å². The van der Waals surface area contributed by atoms with E-state index in [9.17, 15) is 4.79 Å². The monoisotopic (exact) mass is 365 g/mol. The number of likely N-dealkylation sites (tertiary alicyclic amines) is 1. The summed E-state index contributed by atoms with van der Waals surface area (Å²) in [6.07, 6.45) is 4.93. The molecule has 1 aromatic heterocycles. The van der Waals surface area contributed by atoms with Crippen LogP contribution in [0.1, 0.15) is 35.3 Å². The molecule has 4 rings (SSSR count). The second kappa shape index (κ2) is 8.48. The standard InChI is InChI=1S/C21H27N5O/c27-21(26-9-5-2-6-10-26)19-15-20(23-17-22-19)25-13-11-24(12-14-25)16-18-7-3-1-4-8-18/h1,3-4,7-8,15,17H,2,5-6,9-14,16H2. The number of hydrogen-bond donors (Lipinski definition) is 0. The van der Waals surface area contributed by atoms with Crippen molar-refractivity contribution in [3.05, 3.63) is 54.0 Å². The summed E-state index contributed by atoms with van der Waals surface area (Å²) >= 11 is 0. The molecular formula is C21H27N5O. The zero-order valence-corrected chi connectivity index (χ0v) is 15.8. The van der Waals surface area contributed by atoms with Crippen LogP contribution in [0.25, 0.3) is 0 Å². The average Bonchev–Trinajstić information content (AvgIpc) is 2.75. The Morgan fingerprint density at radius 2 is 1.63 bits per heavy atom. The minimum Gasteiger partial charge on any atom is -0.354 e. The molecule has 0 bridgehead atoms. The van der Waals surface area contributed by atoms with Crippen LogP contribution in [-0.2, 0) is 6.54 Å². The zero-order chi connectivity index (χ0) is 18.5. The topological polar surface area (TPSA) is 52.6 Å². The molecule has 1 amide bonds. The molecule has 27 heavy (non-hydrogen) atoms. The van der Waals surface area contributed by atoms with Gasteiger partial charge in [0.15, 0.2) is 0 Å². The number of carbonyl (C=O) groups excluding carboxylic acids is 1. The molecule has 0 atom stereocenters. The maximum Gasteiger partial charge on any atom is 0.272 e. The van der Waals surface area contributed by atoms with Gasteiger partial charge in [-0.1, -0.05) is 30.3 Å². The molecule has 2 fully saturated rings. The van der Waals surface area contributed by atoms with E-state index in [-0.39, 0.29) is 5.91 Å². The summed E-state index contributed by atoms with van der Waals surface area (Å²) in [7, 11) is 0. The Morgan fingerprint density at radius 1 is 0.889 bits per heavy atom. The molecule has 1 aromatic carbocycles. The van der Waals surface area contributed by atoms with Crippen LogP contribution >= 0.6 is 0 Å². The van der Waals surface area contributed by atoms with Gasteiger partial charge in [0.05, 0.1) is 0 Å². The molecule has 0 aliphatic carbocycles. The number of carbonyl (C=O) groups is 1. The van der Waals surface area contributed by atoms with Crippen molar-refractivity contribution < 1.29 is 4.79 Å². The lowest BCUT2D eigenvalue weighted by Crippen LogP contribution is -2.46. The summed E-state index contributed by atoms with van der Waals surface area (Å²) in [5.41, 5.74) is 1.87. The fraction of sp³-hybridized carbons (Fsp3) is 0.476. The first kappa shape index (κ1) is 17.9. The maximum absolute atomic E-state index is 12.7. The summed E-state index contributed by atoms with van der Waals surface area (Å²) in [6, 6.07) is 12.5. The third-order valence-corrected chi connectivity index (χ3v) is 5.46. The number of amides is 1. The van der Waals surface area contributed by atoms with Gasteiger partial charge in [0, 0.05) is 51.9 Å². The number of piperazine rings is 1. The number of nitrogens with zero attached hydrogens (tertiary/aromatic N) is 5. The van der Waals surface area contributed by atoms with Crippen molar-refractivity contribution in [2.75, 3.05) is 44.2 Å². The fourth-order valence-corrected chi connectivity index (χ4v) is 3.87. The first-order chi connectivity index (χ1) is 13.3. The van der Waals surface area contributed by atoms with Crippen molar-refractivity contribution in [3.8, 4) is 0 Å². The number of hydrogen-bond acceptors (Lipinski definition) is 5. The second-order valence-electron chi connectivity index (χ2n) is 7.36. The second-order valence-corrected chi connectivity index (χ2v) is 7.36. The highest BCUT2D eigenvalue weighted by atomic mass is 16.2. The Balaban J connectivity index is 1.36. The first-order valence-corrected chi connectivity index (χ1v) is 9.92. The molecular weight excluding hydrogens is 338 g/mol. The Morgan fingerprint density at radius 3 is 2.37 bits per heavy atom. The van der Waals surface area contributed by atoms with E-state index in [1.807, 2.05) is 11.0 Å². The number of anilines is 1. The van der Waals surface area contributed by atoms with Crippen molar-refractivity contribution in [3.63, 3.8) is 0 Å². The van der Waals surface area contributed by atoms with E-state index in [4.69, 9.17) is 0 Å². The van der Waals surface area contributed by atoms with Gasteiger partial charge in [-0.3, -0.25) is 9.69 Å². The molecule has 2 aromatic rings. The SMILES string of the molecule is O=C(c1cc(N2CCN(Cc3ccccc3)CC2)ncn1)N1CCCCC1. The smallest absolute Gasteiger partial charge is 0.272 e. The number of rotatable bonds is 4. The van der Waals surface area contributed by atoms with Gasteiger partial charge in [-0.15, -0.1) is 0 Å². The van der Waals surface area contributed by atoms with E-state index >= 15 is 0 Å². The van der Waals surface area contributed by atoms with Crippen LogP contribution in [0.15, 0.2) is 42.7 Å². The van der Waals surface area contributed by atoms with Gasteiger partial charge in [0.25, 0.3) is 5.91 Å². The number of aromatic nitrogens is 2. The quantitative estimate of drug-likeness (QED) is 0.833. The van der Waals surface area contributed by atoms with Crippen molar-refractivity contribution in [2.24, 2.45) is 0 Å². The molecule has 0 N–H and O–H groups in total. The predicted octanol–water partition coefficient (Wildman–Crippen LogP) is 2.42. The lowest BCUT2D eigenvalue weighted by Gasteiger charge is -2.35. The van der Waals surface area contributed by atoms with Crippen LogP contribution in [0.4, 0.5) is 5.82 Å². The molecule has 0 saturated carbocycles. The van der Waals surface area contributed by atoms with Crippen LogP contribution in [0.5, 0.6) is 0 Å². The Bertz CT molecular complexity index is 752. The molecule has 0 spiro atoms. The summed E-state index contributed by atoms with van der Waals surface area (Å²) in [5, 5.41) is 0. The summed E-state index contributed by atoms with van der Waals surface area (Å²) in [5.74, 6) is 0.908. The number of piperidine rings is 1. The Hall–Kier alpha value is -2.47. The molecule has 6 heteroatoms. The molecule has 6 nitrogen and oxygen atoms in total. The van der Waals surface area contributed by atoms with Crippen LogP contribution in [0, 0.1) is 0 Å². The fourth-order valence-electron chi connectivity index (χ4n) is 3.87. The van der Waals surface area contributed by atoms with E-state index in [1.54, 1.807) is 0 Å². The minimum atomic E-state index is 0.0427. The van der Waals surface area contributed by atoms with Gasteiger partial charge < -0.3 is 9.80 Å². The van der Waals surface area contributed by atoms with Gasteiger partial charge in [0.1, 0.15) is 17.8 Å². The summed E-state index contributed by atoms with van der Waals surface area (Å²) in [4.78, 5) is 28.0. The minimum absolute atomic E-state index is 0.0427. The van der Waals surface area contributed by atoms with E-state index in [2.05, 4.69) is 50.1 Å². The van der Waals surface area contributed by atoms with Crippen molar-refractivity contribution >= 4 is 11.7 Å². The van der Waals surface area contributed by atoms with Crippen LogP contribution < -0.4 is 4.90 Å². The Labute approximate surface area is 160 Å². The van der Waals surface area contributed by atoms with Crippen LogP contribution in [0.3, 0.4) is 0 Å². The largest absolute Gasteiger partial charge is 0.354 e. The first-order valence-electron chi connectivity index (χ1n) is 9.92. The van der Waals surface area contributed by atoms with E-state index in [0.29, 0.717) is 5.69 Å². The summed E-state index contributed by atoms with van der Waals surface area (Å²) < 4.78 is 0. The van der Waals surface area contributed by atoms with E-state index in [1.165, 1.54) is 18.3 Å².